The van der Waals surface area contributed by atoms with Crippen molar-refractivity contribution in [1.82, 2.24) is 9.38 Å². The number of nitrogens with zero attached hydrogens (tertiary/aromatic N) is 2. The van der Waals surface area contributed by atoms with Crippen molar-refractivity contribution in [2.75, 3.05) is 10.6 Å². The van der Waals surface area contributed by atoms with Crippen molar-refractivity contribution in [3.8, 4) is 11.3 Å². The average Bonchev–Trinajstić information content (AvgIpc) is 3.15. The van der Waals surface area contributed by atoms with E-state index in [-0.39, 0.29) is 6.03 Å². The van der Waals surface area contributed by atoms with Gasteiger partial charge in [0.25, 0.3) is 0 Å². The minimum Gasteiger partial charge on any atom is -0.308 e. The molecule has 0 saturated heterocycles. The molecule has 5 heteroatoms. The molecular formula is C23H22N4O. The number of carbonyl (C=O) groups is 1. The van der Waals surface area contributed by atoms with Crippen LogP contribution in [0.2, 0.25) is 0 Å². The standard InChI is InChI=1S/C23H22N4O/c1-3-17-9-11-19(12-10-17)24-23(28)25-20-8-4-7-18(14-20)21-15-27-13-5-6-16(2)22(27)26-21/h4-15H,3H2,1-2H3,(H2,24,25,28). The van der Waals surface area contributed by atoms with Gasteiger partial charge in [0.15, 0.2) is 0 Å². The number of amides is 2. The number of nitrogens with one attached hydrogen (secondary N) is 2. The number of aromatic nitrogens is 2. The summed E-state index contributed by atoms with van der Waals surface area (Å²) >= 11 is 0. The van der Waals surface area contributed by atoms with Gasteiger partial charge in [-0.2, -0.15) is 0 Å². The van der Waals surface area contributed by atoms with Crippen LogP contribution in [0.3, 0.4) is 0 Å². The third-order valence-corrected chi connectivity index (χ3v) is 4.71. The molecule has 2 N–H and O–H groups in total. The summed E-state index contributed by atoms with van der Waals surface area (Å²) in [6.45, 7) is 4.15. The molecule has 0 atom stereocenters. The third-order valence-electron chi connectivity index (χ3n) is 4.71. The van der Waals surface area contributed by atoms with Crippen molar-refractivity contribution in [2.45, 2.75) is 20.3 Å². The van der Waals surface area contributed by atoms with Gasteiger partial charge < -0.3 is 15.0 Å². The highest BCUT2D eigenvalue weighted by molar-refractivity contribution is 6.00. The van der Waals surface area contributed by atoms with E-state index in [0.717, 1.165) is 34.6 Å². The van der Waals surface area contributed by atoms with Crippen molar-refractivity contribution in [2.24, 2.45) is 0 Å². The Morgan fingerprint density at radius 1 is 1.00 bits per heavy atom. The van der Waals surface area contributed by atoms with Crippen molar-refractivity contribution in [3.05, 3.63) is 84.2 Å². The van der Waals surface area contributed by atoms with Crippen molar-refractivity contribution in [1.29, 1.82) is 0 Å². The van der Waals surface area contributed by atoms with Gasteiger partial charge in [0, 0.05) is 29.3 Å². The molecule has 0 spiro atoms. The van der Waals surface area contributed by atoms with Gasteiger partial charge in [-0.05, 0) is 54.8 Å². The Labute approximate surface area is 164 Å². The quantitative estimate of drug-likeness (QED) is 0.497. The van der Waals surface area contributed by atoms with Gasteiger partial charge in [-0.25, -0.2) is 9.78 Å². The molecule has 0 aliphatic heterocycles. The number of hydrogen-bond acceptors (Lipinski definition) is 2. The molecule has 0 bridgehead atoms. The fraction of sp³-hybridized carbons (Fsp3) is 0.130. The molecule has 0 saturated carbocycles. The number of pyridine rings is 1. The van der Waals surface area contributed by atoms with Crippen LogP contribution >= 0.6 is 0 Å². The highest BCUT2D eigenvalue weighted by Gasteiger charge is 2.08. The molecule has 4 rings (SSSR count). The maximum absolute atomic E-state index is 12.3. The van der Waals surface area contributed by atoms with Crippen molar-refractivity contribution < 1.29 is 4.79 Å². The van der Waals surface area contributed by atoms with Gasteiger partial charge in [0.05, 0.1) is 5.69 Å². The topological polar surface area (TPSA) is 58.4 Å². The number of carbonyl (C=O) groups excluding carboxylic acids is 1. The molecule has 0 fully saturated rings. The molecule has 28 heavy (non-hydrogen) atoms. The number of urea groups is 1. The summed E-state index contributed by atoms with van der Waals surface area (Å²) in [5.74, 6) is 0. The number of imidazole rings is 1. The van der Waals surface area contributed by atoms with Crippen LogP contribution < -0.4 is 10.6 Å². The van der Waals surface area contributed by atoms with E-state index < -0.39 is 0 Å². The number of benzene rings is 2. The summed E-state index contributed by atoms with van der Waals surface area (Å²) in [6, 6.07) is 19.3. The molecule has 0 unspecified atom stereocenters. The minimum atomic E-state index is -0.271. The van der Waals surface area contributed by atoms with E-state index in [9.17, 15) is 4.79 Å². The van der Waals surface area contributed by atoms with E-state index >= 15 is 0 Å². The van der Waals surface area contributed by atoms with Gasteiger partial charge >= 0.3 is 6.03 Å². The predicted molar refractivity (Wildman–Crippen MR) is 114 cm³/mol. The summed E-state index contributed by atoms with van der Waals surface area (Å²) in [5, 5.41) is 5.75. The van der Waals surface area contributed by atoms with Crippen LogP contribution in [-0.4, -0.2) is 15.4 Å². The zero-order chi connectivity index (χ0) is 19.5. The van der Waals surface area contributed by atoms with Crippen LogP contribution in [0.25, 0.3) is 16.9 Å². The van der Waals surface area contributed by atoms with Crippen LogP contribution in [0, 0.1) is 6.92 Å². The first kappa shape index (κ1) is 17.8. The first-order valence-corrected chi connectivity index (χ1v) is 9.34. The largest absolute Gasteiger partial charge is 0.323 e. The van der Waals surface area contributed by atoms with Crippen LogP contribution in [0.15, 0.2) is 73.1 Å². The summed E-state index contributed by atoms with van der Waals surface area (Å²) in [6.07, 6.45) is 4.96. The zero-order valence-corrected chi connectivity index (χ0v) is 15.9. The van der Waals surface area contributed by atoms with E-state index in [1.54, 1.807) is 0 Å². The molecule has 0 radical (unpaired) electrons. The van der Waals surface area contributed by atoms with Crippen LogP contribution in [0.5, 0.6) is 0 Å². The molecule has 5 nitrogen and oxygen atoms in total. The van der Waals surface area contributed by atoms with E-state index in [1.165, 1.54) is 5.56 Å². The van der Waals surface area contributed by atoms with Gasteiger partial charge in [-0.1, -0.05) is 37.3 Å². The molecule has 140 valence electrons. The number of fused-ring (bicyclic) bond motifs is 1. The molecular weight excluding hydrogens is 348 g/mol. The van der Waals surface area contributed by atoms with E-state index in [2.05, 4.69) is 17.6 Å². The second-order valence-electron chi connectivity index (χ2n) is 6.76. The van der Waals surface area contributed by atoms with E-state index in [1.807, 2.05) is 84.4 Å². The Morgan fingerprint density at radius 2 is 1.79 bits per heavy atom. The highest BCUT2D eigenvalue weighted by atomic mass is 16.2. The van der Waals surface area contributed by atoms with Gasteiger partial charge in [-0.3, -0.25) is 0 Å². The third kappa shape index (κ3) is 3.74. The number of aryl methyl sites for hydroxylation is 2. The van der Waals surface area contributed by atoms with Gasteiger partial charge in [0.2, 0.25) is 0 Å². The van der Waals surface area contributed by atoms with E-state index in [0.29, 0.717) is 5.69 Å². The SMILES string of the molecule is CCc1ccc(NC(=O)Nc2cccc(-c3cn4cccc(C)c4n3)c2)cc1. The number of hydrogen-bond donors (Lipinski definition) is 2. The van der Waals surface area contributed by atoms with E-state index in [4.69, 9.17) is 4.98 Å². The maximum atomic E-state index is 12.3. The molecule has 4 aromatic rings. The Kier molecular flexibility index (Phi) is 4.81. The minimum absolute atomic E-state index is 0.271. The van der Waals surface area contributed by atoms with Crippen molar-refractivity contribution >= 4 is 23.1 Å². The monoisotopic (exact) mass is 370 g/mol. The second-order valence-corrected chi connectivity index (χ2v) is 6.76. The molecule has 0 aliphatic carbocycles. The van der Waals surface area contributed by atoms with Crippen LogP contribution in [-0.2, 0) is 6.42 Å². The van der Waals surface area contributed by atoms with Crippen LogP contribution in [0.1, 0.15) is 18.1 Å². The van der Waals surface area contributed by atoms with Crippen LogP contribution in [0.4, 0.5) is 16.2 Å². The van der Waals surface area contributed by atoms with Gasteiger partial charge in [-0.15, -0.1) is 0 Å². The first-order valence-electron chi connectivity index (χ1n) is 9.34. The first-order chi connectivity index (χ1) is 13.6. The highest BCUT2D eigenvalue weighted by Crippen LogP contribution is 2.23. The fourth-order valence-corrected chi connectivity index (χ4v) is 3.17. The summed E-state index contributed by atoms with van der Waals surface area (Å²) in [7, 11) is 0. The fourth-order valence-electron chi connectivity index (χ4n) is 3.17. The second kappa shape index (κ2) is 7.56. The summed E-state index contributed by atoms with van der Waals surface area (Å²) in [5.41, 5.74) is 6.60. The molecule has 2 amide bonds. The smallest absolute Gasteiger partial charge is 0.308 e. The average molecular weight is 370 g/mol. The Morgan fingerprint density at radius 3 is 2.54 bits per heavy atom. The number of anilines is 2. The Bertz CT molecular complexity index is 1130. The lowest BCUT2D eigenvalue weighted by atomic mass is 10.1. The lowest BCUT2D eigenvalue weighted by Crippen LogP contribution is -2.19. The Hall–Kier alpha value is -3.60. The molecule has 2 aromatic carbocycles. The predicted octanol–water partition coefficient (Wildman–Crippen LogP) is 5.52. The molecule has 2 aromatic heterocycles. The number of rotatable bonds is 4. The lowest BCUT2D eigenvalue weighted by molar-refractivity contribution is 0.262. The molecule has 0 aliphatic rings. The van der Waals surface area contributed by atoms with Gasteiger partial charge in [0.1, 0.15) is 5.65 Å². The normalized spacial score (nSPS) is 10.8. The van der Waals surface area contributed by atoms with Crippen molar-refractivity contribution in [3.63, 3.8) is 0 Å². The maximum Gasteiger partial charge on any atom is 0.323 e. The summed E-state index contributed by atoms with van der Waals surface area (Å²) in [4.78, 5) is 17.0. The molecule has 2 heterocycles. The summed E-state index contributed by atoms with van der Waals surface area (Å²) < 4.78 is 2.01. The lowest BCUT2D eigenvalue weighted by Gasteiger charge is -2.09. The zero-order valence-electron chi connectivity index (χ0n) is 15.9. The Balaban J connectivity index is 1.51.